The Hall–Kier alpha value is -2.35. The molecule has 1 aliphatic heterocycles. The number of aromatic nitrogens is 2. The number of sulfonamides is 1. The van der Waals surface area contributed by atoms with Gasteiger partial charge in [0.25, 0.3) is 5.91 Å². The van der Waals surface area contributed by atoms with E-state index in [4.69, 9.17) is 0 Å². The van der Waals surface area contributed by atoms with Crippen molar-refractivity contribution in [2.45, 2.75) is 32.1 Å². The first-order chi connectivity index (χ1) is 11.9. The second-order valence-electron chi connectivity index (χ2n) is 6.62. The highest BCUT2D eigenvalue weighted by Crippen LogP contribution is 2.32. The van der Waals surface area contributed by atoms with E-state index >= 15 is 0 Å². The Kier molecular flexibility index (Phi) is 3.79. The van der Waals surface area contributed by atoms with Crippen LogP contribution in [-0.4, -0.2) is 37.3 Å². The molecule has 2 aliphatic rings. The van der Waals surface area contributed by atoms with Crippen molar-refractivity contribution in [2.75, 3.05) is 22.4 Å². The van der Waals surface area contributed by atoms with Crippen LogP contribution in [0.5, 0.6) is 0 Å². The van der Waals surface area contributed by atoms with Crippen LogP contribution in [0.2, 0.25) is 0 Å². The van der Waals surface area contributed by atoms with Gasteiger partial charge in [-0.2, -0.15) is 5.10 Å². The number of anilines is 2. The number of H-pyrrole nitrogens is 1. The highest BCUT2D eigenvalue weighted by Gasteiger charge is 2.27. The van der Waals surface area contributed by atoms with Crippen molar-refractivity contribution in [3.8, 4) is 0 Å². The normalized spacial score (nSPS) is 16.4. The molecule has 0 fully saturated rings. The predicted octanol–water partition coefficient (Wildman–Crippen LogP) is 1.86. The van der Waals surface area contributed by atoms with Gasteiger partial charge in [-0.15, -0.1) is 0 Å². The average molecular weight is 360 g/mol. The summed E-state index contributed by atoms with van der Waals surface area (Å²) in [6.07, 6.45) is 5.87. The third kappa shape index (κ3) is 2.90. The van der Waals surface area contributed by atoms with Crippen LogP contribution in [0.25, 0.3) is 0 Å². The summed E-state index contributed by atoms with van der Waals surface area (Å²) >= 11 is 0. The quantitative estimate of drug-likeness (QED) is 0.873. The number of benzene rings is 1. The largest absolute Gasteiger partial charge is 0.321 e. The summed E-state index contributed by atoms with van der Waals surface area (Å²) in [6, 6.07) is 5.33. The molecule has 25 heavy (non-hydrogen) atoms. The topological polar surface area (TPSA) is 95.2 Å². The molecule has 0 saturated heterocycles. The van der Waals surface area contributed by atoms with Gasteiger partial charge in [0.15, 0.2) is 5.69 Å². The first-order valence-electron chi connectivity index (χ1n) is 8.41. The molecular formula is C17H20N4O3S. The summed E-state index contributed by atoms with van der Waals surface area (Å²) in [7, 11) is -3.27. The van der Waals surface area contributed by atoms with Crippen LogP contribution < -0.4 is 9.62 Å². The molecule has 1 aromatic carbocycles. The number of aromatic amines is 1. The molecule has 0 radical (unpaired) electrons. The fourth-order valence-electron chi connectivity index (χ4n) is 3.65. The Labute approximate surface area is 146 Å². The number of carbonyl (C=O) groups is 1. The van der Waals surface area contributed by atoms with Gasteiger partial charge in [-0.3, -0.25) is 14.2 Å². The first-order valence-corrected chi connectivity index (χ1v) is 10.3. The maximum Gasteiger partial charge on any atom is 0.276 e. The fraction of sp³-hybridized carbons (Fsp3) is 0.412. The Morgan fingerprint density at radius 1 is 1.24 bits per heavy atom. The second-order valence-corrected chi connectivity index (χ2v) is 8.53. The predicted molar refractivity (Wildman–Crippen MR) is 95.5 cm³/mol. The van der Waals surface area contributed by atoms with Crippen LogP contribution in [0, 0.1) is 0 Å². The summed E-state index contributed by atoms with van der Waals surface area (Å²) in [6.45, 7) is 0.443. The number of nitrogens with zero attached hydrogens (tertiary/aromatic N) is 2. The maximum atomic E-state index is 12.6. The average Bonchev–Trinajstić information content (AvgIpc) is 3.18. The Bertz CT molecular complexity index is 949. The minimum Gasteiger partial charge on any atom is -0.321 e. The number of hydrogen-bond acceptors (Lipinski definition) is 4. The van der Waals surface area contributed by atoms with Crippen molar-refractivity contribution in [3.63, 3.8) is 0 Å². The van der Waals surface area contributed by atoms with Crippen molar-refractivity contribution >= 4 is 27.3 Å². The Morgan fingerprint density at radius 3 is 2.84 bits per heavy atom. The van der Waals surface area contributed by atoms with E-state index in [9.17, 15) is 13.2 Å². The van der Waals surface area contributed by atoms with Crippen LogP contribution in [-0.2, 0) is 29.3 Å². The van der Waals surface area contributed by atoms with Crippen molar-refractivity contribution < 1.29 is 13.2 Å². The van der Waals surface area contributed by atoms with Crippen molar-refractivity contribution in [1.82, 2.24) is 10.2 Å². The standard InChI is InChI=1S/C17H20N4O3S/c1-25(23,24)21-9-8-11-10-12(6-7-15(11)21)18-17(22)16-13-4-2-3-5-14(13)19-20-16/h6-7,10H,2-5,8-9H2,1H3,(H,18,22)(H,19,20). The van der Waals surface area contributed by atoms with Gasteiger partial charge in [-0.1, -0.05) is 0 Å². The van der Waals surface area contributed by atoms with Crippen molar-refractivity contribution in [2.24, 2.45) is 0 Å². The van der Waals surface area contributed by atoms with Crippen molar-refractivity contribution in [1.29, 1.82) is 0 Å². The molecule has 0 unspecified atom stereocenters. The van der Waals surface area contributed by atoms with Crippen LogP contribution in [0.1, 0.15) is 40.2 Å². The van der Waals surface area contributed by atoms with Gasteiger partial charge >= 0.3 is 0 Å². The van der Waals surface area contributed by atoms with E-state index in [1.807, 2.05) is 6.07 Å². The lowest BCUT2D eigenvalue weighted by molar-refractivity contribution is 0.102. The molecule has 1 aromatic heterocycles. The molecule has 0 atom stereocenters. The van der Waals surface area contributed by atoms with Gasteiger partial charge in [0.05, 0.1) is 11.9 Å². The zero-order valence-electron chi connectivity index (χ0n) is 14.0. The number of amides is 1. The molecule has 0 bridgehead atoms. The molecule has 4 rings (SSSR count). The summed E-state index contributed by atoms with van der Waals surface area (Å²) in [5.74, 6) is -0.225. The molecule has 1 amide bonds. The Morgan fingerprint density at radius 2 is 2.04 bits per heavy atom. The zero-order chi connectivity index (χ0) is 17.6. The molecule has 1 aliphatic carbocycles. The highest BCUT2D eigenvalue weighted by atomic mass is 32.2. The minimum absolute atomic E-state index is 0.225. The monoisotopic (exact) mass is 360 g/mol. The third-order valence-corrected chi connectivity index (χ3v) is 6.04. The van der Waals surface area contributed by atoms with Crippen LogP contribution in [0.15, 0.2) is 18.2 Å². The third-order valence-electron chi connectivity index (χ3n) is 4.86. The molecule has 2 heterocycles. The lowest BCUT2D eigenvalue weighted by atomic mass is 9.96. The fourth-order valence-corrected chi connectivity index (χ4v) is 4.61. The minimum atomic E-state index is -3.27. The molecule has 132 valence electrons. The summed E-state index contributed by atoms with van der Waals surface area (Å²) < 4.78 is 25.0. The van der Waals surface area contributed by atoms with Gasteiger partial charge in [0, 0.05) is 23.5 Å². The van der Waals surface area contributed by atoms with Crippen LogP contribution in [0.4, 0.5) is 11.4 Å². The van der Waals surface area contributed by atoms with Gasteiger partial charge in [-0.25, -0.2) is 8.42 Å². The zero-order valence-corrected chi connectivity index (χ0v) is 14.8. The lowest BCUT2D eigenvalue weighted by Crippen LogP contribution is -2.27. The van der Waals surface area contributed by atoms with E-state index in [2.05, 4.69) is 15.5 Å². The van der Waals surface area contributed by atoms with Crippen molar-refractivity contribution in [3.05, 3.63) is 40.7 Å². The maximum absolute atomic E-state index is 12.6. The number of hydrogen-bond donors (Lipinski definition) is 2. The first kappa shape index (κ1) is 16.1. The van der Waals surface area contributed by atoms with Gasteiger partial charge in [-0.05, 0) is 55.9 Å². The van der Waals surface area contributed by atoms with Crippen LogP contribution >= 0.6 is 0 Å². The van der Waals surface area contributed by atoms with E-state index < -0.39 is 10.0 Å². The van der Waals surface area contributed by atoms with E-state index in [1.54, 1.807) is 12.1 Å². The molecule has 0 spiro atoms. The highest BCUT2D eigenvalue weighted by molar-refractivity contribution is 7.92. The summed E-state index contributed by atoms with van der Waals surface area (Å²) in [5, 5.41) is 10.0. The number of rotatable bonds is 3. The summed E-state index contributed by atoms with van der Waals surface area (Å²) in [5.41, 5.74) is 4.83. The van der Waals surface area contributed by atoms with E-state index in [1.165, 1.54) is 10.6 Å². The van der Waals surface area contributed by atoms with E-state index in [-0.39, 0.29) is 5.91 Å². The number of fused-ring (bicyclic) bond motifs is 2. The number of carbonyl (C=O) groups excluding carboxylic acids is 1. The second kappa shape index (κ2) is 5.87. The summed E-state index contributed by atoms with van der Waals surface area (Å²) in [4.78, 5) is 12.6. The van der Waals surface area contributed by atoms with Gasteiger partial charge in [0.1, 0.15) is 0 Å². The van der Waals surface area contributed by atoms with E-state index in [0.717, 1.165) is 42.5 Å². The molecule has 2 N–H and O–H groups in total. The molecule has 7 nitrogen and oxygen atoms in total. The SMILES string of the molecule is CS(=O)(=O)N1CCc2cc(NC(=O)c3n[nH]c4c3CCCC4)ccc21. The lowest BCUT2D eigenvalue weighted by Gasteiger charge is -2.16. The number of aryl methyl sites for hydroxylation is 1. The molecule has 8 heteroatoms. The van der Waals surface area contributed by atoms with Crippen LogP contribution in [0.3, 0.4) is 0 Å². The van der Waals surface area contributed by atoms with Gasteiger partial charge < -0.3 is 5.32 Å². The molecular weight excluding hydrogens is 340 g/mol. The number of nitrogens with one attached hydrogen (secondary N) is 2. The smallest absolute Gasteiger partial charge is 0.276 e. The Balaban J connectivity index is 1.56. The molecule has 0 saturated carbocycles. The van der Waals surface area contributed by atoms with E-state index in [0.29, 0.717) is 30.0 Å². The van der Waals surface area contributed by atoms with Gasteiger partial charge in [0.2, 0.25) is 10.0 Å². The molecule has 2 aromatic rings.